The van der Waals surface area contributed by atoms with Crippen LogP contribution >= 0.6 is 0 Å². The van der Waals surface area contributed by atoms with Crippen LogP contribution in [0.5, 0.6) is 5.75 Å². The molecule has 2 aliphatic heterocycles. The van der Waals surface area contributed by atoms with E-state index in [9.17, 15) is 14.4 Å². The van der Waals surface area contributed by atoms with Gasteiger partial charge in [0, 0.05) is 19.5 Å². The molecule has 0 bridgehead atoms. The van der Waals surface area contributed by atoms with Crippen LogP contribution < -0.4 is 21.1 Å². The van der Waals surface area contributed by atoms with Gasteiger partial charge in [-0.25, -0.2) is 4.79 Å². The third-order valence-electron chi connectivity index (χ3n) is 5.17. The fraction of sp³-hybridized carbons (Fsp3) is 0.500. The molecule has 0 aliphatic carbocycles. The zero-order valence-corrected chi connectivity index (χ0v) is 14.7. The van der Waals surface area contributed by atoms with Crippen molar-refractivity contribution in [2.45, 2.75) is 37.8 Å². The molecule has 1 unspecified atom stereocenters. The zero-order valence-electron chi connectivity index (χ0n) is 14.7. The van der Waals surface area contributed by atoms with Gasteiger partial charge in [-0.2, -0.15) is 0 Å². The Labute approximate surface area is 150 Å². The van der Waals surface area contributed by atoms with Gasteiger partial charge < -0.3 is 10.1 Å². The van der Waals surface area contributed by atoms with Gasteiger partial charge in [0.25, 0.3) is 0 Å². The van der Waals surface area contributed by atoms with Gasteiger partial charge in [-0.05, 0) is 44.5 Å². The number of carbonyl (C=O) groups excluding carboxylic acids is 2. The van der Waals surface area contributed by atoms with Gasteiger partial charge in [0.15, 0.2) is 0 Å². The highest BCUT2D eigenvalue weighted by atomic mass is 16.5. The lowest BCUT2D eigenvalue weighted by Crippen LogP contribution is -2.44. The van der Waals surface area contributed by atoms with Gasteiger partial charge in [-0.1, -0.05) is 0 Å². The van der Waals surface area contributed by atoms with E-state index in [1.54, 1.807) is 7.05 Å². The molecule has 3 heterocycles. The molecule has 2 fully saturated rings. The van der Waals surface area contributed by atoms with Crippen molar-refractivity contribution in [1.82, 2.24) is 19.8 Å². The van der Waals surface area contributed by atoms with Crippen molar-refractivity contribution in [3.05, 3.63) is 28.7 Å². The number of aromatic nitrogens is 2. The molecule has 0 spiro atoms. The molecule has 26 heavy (non-hydrogen) atoms. The molecule has 0 saturated carbocycles. The van der Waals surface area contributed by atoms with Crippen molar-refractivity contribution in [2.75, 3.05) is 13.1 Å². The second-order valence-corrected chi connectivity index (χ2v) is 6.90. The Morgan fingerprint density at radius 1 is 1.08 bits per heavy atom. The lowest BCUT2D eigenvalue weighted by atomic mass is 10.1. The van der Waals surface area contributed by atoms with Crippen LogP contribution in [0.2, 0.25) is 0 Å². The summed E-state index contributed by atoms with van der Waals surface area (Å²) >= 11 is 0. The fourth-order valence-electron chi connectivity index (χ4n) is 3.75. The summed E-state index contributed by atoms with van der Waals surface area (Å²) in [5, 5.41) is 5.62. The standard InChI is InChI=1S/C18H22N4O4/c1-21-15-10-12(26-11-6-8-19-9-7-11)2-3-13(15)22(18(21)25)14-4-5-16(23)20-17(14)24/h2-3,10-11,14,19H,4-9H2,1H3,(H,20,23,24). The Bertz CT molecular complexity index is 923. The molecule has 0 radical (unpaired) electrons. The number of nitrogens with one attached hydrogen (secondary N) is 2. The number of fused-ring (bicyclic) bond motifs is 1. The van der Waals surface area contributed by atoms with Gasteiger partial charge in [0.05, 0.1) is 11.0 Å². The van der Waals surface area contributed by atoms with Crippen molar-refractivity contribution in [3.63, 3.8) is 0 Å². The molecule has 1 atom stereocenters. The van der Waals surface area contributed by atoms with E-state index in [1.165, 1.54) is 9.13 Å². The minimum Gasteiger partial charge on any atom is -0.490 e. The molecular formula is C18H22N4O4. The second-order valence-electron chi connectivity index (χ2n) is 6.90. The Morgan fingerprint density at radius 3 is 2.58 bits per heavy atom. The summed E-state index contributed by atoms with van der Waals surface area (Å²) in [6, 6.07) is 4.84. The fourth-order valence-corrected chi connectivity index (χ4v) is 3.75. The third kappa shape index (κ3) is 2.90. The summed E-state index contributed by atoms with van der Waals surface area (Å²) in [6.07, 6.45) is 2.64. The van der Waals surface area contributed by atoms with E-state index in [-0.39, 0.29) is 24.1 Å². The summed E-state index contributed by atoms with van der Waals surface area (Å²) in [6.45, 7) is 1.88. The van der Waals surface area contributed by atoms with Crippen LogP contribution in [0.4, 0.5) is 0 Å². The number of imide groups is 1. The summed E-state index contributed by atoms with van der Waals surface area (Å²) in [5.41, 5.74) is 1.12. The first kappa shape index (κ1) is 16.8. The van der Waals surface area contributed by atoms with Gasteiger partial charge >= 0.3 is 5.69 Å². The topological polar surface area (TPSA) is 94.4 Å². The summed E-state index contributed by atoms with van der Waals surface area (Å²) in [5.74, 6) is 0.00324. The lowest BCUT2D eigenvalue weighted by molar-refractivity contribution is -0.135. The van der Waals surface area contributed by atoms with Crippen LogP contribution in [0.15, 0.2) is 23.0 Å². The first-order valence-electron chi connectivity index (χ1n) is 8.96. The molecule has 1 aromatic heterocycles. The first-order valence-corrected chi connectivity index (χ1v) is 8.96. The number of ether oxygens (including phenoxy) is 1. The van der Waals surface area contributed by atoms with Crippen LogP contribution in [-0.4, -0.2) is 40.1 Å². The highest BCUT2D eigenvalue weighted by molar-refractivity contribution is 6.00. The predicted molar refractivity (Wildman–Crippen MR) is 95.1 cm³/mol. The maximum atomic E-state index is 12.7. The molecule has 8 nitrogen and oxygen atoms in total. The smallest absolute Gasteiger partial charge is 0.329 e. The van der Waals surface area contributed by atoms with Crippen molar-refractivity contribution in [1.29, 1.82) is 0 Å². The minimum absolute atomic E-state index is 0.169. The van der Waals surface area contributed by atoms with Gasteiger partial charge in [-0.3, -0.25) is 24.0 Å². The predicted octanol–water partition coefficient (Wildman–Crippen LogP) is 0.449. The molecule has 138 valence electrons. The highest BCUT2D eigenvalue weighted by Gasteiger charge is 2.31. The molecule has 2 aliphatic rings. The Morgan fingerprint density at radius 2 is 1.85 bits per heavy atom. The third-order valence-corrected chi connectivity index (χ3v) is 5.17. The monoisotopic (exact) mass is 358 g/mol. The number of imidazole rings is 1. The number of carbonyl (C=O) groups is 2. The van der Waals surface area contributed by atoms with Crippen LogP contribution in [0.3, 0.4) is 0 Å². The molecule has 2 N–H and O–H groups in total. The van der Waals surface area contributed by atoms with Crippen molar-refractivity contribution in [3.8, 4) is 5.75 Å². The van der Waals surface area contributed by atoms with Gasteiger partial charge in [0.2, 0.25) is 11.8 Å². The van der Waals surface area contributed by atoms with E-state index in [0.717, 1.165) is 31.7 Å². The second kappa shape index (κ2) is 6.60. The Kier molecular flexibility index (Phi) is 4.28. The quantitative estimate of drug-likeness (QED) is 0.777. The average Bonchev–Trinajstić information content (AvgIpc) is 2.87. The Hall–Kier alpha value is -2.61. The lowest BCUT2D eigenvalue weighted by Gasteiger charge is -2.24. The molecule has 2 aromatic rings. The molecule has 2 saturated heterocycles. The van der Waals surface area contributed by atoms with E-state index < -0.39 is 11.9 Å². The van der Waals surface area contributed by atoms with Crippen LogP contribution in [0.1, 0.15) is 31.7 Å². The maximum absolute atomic E-state index is 12.7. The highest BCUT2D eigenvalue weighted by Crippen LogP contribution is 2.26. The molecule has 8 heteroatoms. The Balaban J connectivity index is 1.69. The van der Waals surface area contributed by atoms with E-state index in [2.05, 4.69) is 10.6 Å². The van der Waals surface area contributed by atoms with Crippen LogP contribution in [0, 0.1) is 0 Å². The molecule has 1 aromatic carbocycles. The van der Waals surface area contributed by atoms with E-state index in [1.807, 2.05) is 18.2 Å². The number of hydrogen-bond acceptors (Lipinski definition) is 5. The summed E-state index contributed by atoms with van der Waals surface area (Å²) in [7, 11) is 1.68. The number of aryl methyl sites for hydroxylation is 1. The zero-order chi connectivity index (χ0) is 18.3. The largest absolute Gasteiger partial charge is 0.490 e. The molecule has 2 amide bonds. The number of rotatable bonds is 3. The number of benzene rings is 1. The van der Waals surface area contributed by atoms with E-state index in [0.29, 0.717) is 17.5 Å². The number of nitrogens with zero attached hydrogens (tertiary/aromatic N) is 2. The maximum Gasteiger partial charge on any atom is 0.329 e. The van der Waals surface area contributed by atoms with Crippen LogP contribution in [0.25, 0.3) is 11.0 Å². The van der Waals surface area contributed by atoms with Crippen LogP contribution in [-0.2, 0) is 16.6 Å². The van der Waals surface area contributed by atoms with Crippen molar-refractivity contribution < 1.29 is 14.3 Å². The first-order chi connectivity index (χ1) is 12.5. The van der Waals surface area contributed by atoms with Crippen molar-refractivity contribution >= 4 is 22.8 Å². The minimum atomic E-state index is -0.667. The molecular weight excluding hydrogens is 336 g/mol. The van der Waals surface area contributed by atoms with E-state index in [4.69, 9.17) is 4.74 Å². The van der Waals surface area contributed by atoms with Crippen molar-refractivity contribution in [2.24, 2.45) is 7.05 Å². The average molecular weight is 358 g/mol. The number of piperidine rings is 2. The number of hydrogen-bond donors (Lipinski definition) is 2. The van der Waals surface area contributed by atoms with Gasteiger partial charge in [0.1, 0.15) is 17.9 Å². The number of amides is 2. The molecule has 4 rings (SSSR count). The van der Waals surface area contributed by atoms with E-state index >= 15 is 0 Å². The summed E-state index contributed by atoms with van der Waals surface area (Å²) < 4.78 is 9.06. The summed E-state index contributed by atoms with van der Waals surface area (Å²) in [4.78, 5) is 36.3. The van der Waals surface area contributed by atoms with Gasteiger partial charge in [-0.15, -0.1) is 0 Å². The SMILES string of the molecule is Cn1c(=O)n(C2CCC(=O)NC2=O)c2ccc(OC3CCNCC3)cc21. The normalized spacial score (nSPS) is 21.8.